The largest absolute Gasteiger partial charge is 0.389 e. The maximum Gasteiger partial charge on any atom is 0.164 e. The quantitative estimate of drug-likeness (QED) is 0.606. The van der Waals surface area contributed by atoms with E-state index >= 15 is 0 Å². The van der Waals surface area contributed by atoms with Crippen LogP contribution in [0.4, 0.5) is 0 Å². The van der Waals surface area contributed by atoms with E-state index < -0.39 is 18.0 Å². The van der Waals surface area contributed by atoms with Crippen LogP contribution in [-0.4, -0.2) is 49.0 Å². The highest BCUT2D eigenvalue weighted by molar-refractivity contribution is 5.64. The average molecular weight is 202 g/mol. The standard InChI is InChI=1S/C9H18N2O3/c1-9(2)13-7(5-11-3)8(14-9)6(12)4-10/h5-8,12H,4,10H2,1-3H3/t6-,7-,8-/m1/s1. The lowest BCUT2D eigenvalue weighted by atomic mass is 10.1. The first-order valence-corrected chi connectivity index (χ1v) is 4.66. The topological polar surface area (TPSA) is 77.1 Å². The Morgan fingerprint density at radius 1 is 1.57 bits per heavy atom. The van der Waals surface area contributed by atoms with Crippen molar-refractivity contribution in [2.24, 2.45) is 10.7 Å². The molecule has 0 aromatic carbocycles. The molecule has 0 aromatic rings. The summed E-state index contributed by atoms with van der Waals surface area (Å²) in [6.07, 6.45) is 0.144. The van der Waals surface area contributed by atoms with Crippen LogP contribution >= 0.6 is 0 Å². The summed E-state index contributed by atoms with van der Waals surface area (Å²) in [4.78, 5) is 3.87. The predicted octanol–water partition coefficient (Wildman–Crippen LogP) is -0.473. The van der Waals surface area contributed by atoms with Crippen molar-refractivity contribution in [3.05, 3.63) is 0 Å². The fourth-order valence-electron chi connectivity index (χ4n) is 1.51. The zero-order chi connectivity index (χ0) is 10.8. The van der Waals surface area contributed by atoms with E-state index in [0.717, 1.165) is 0 Å². The summed E-state index contributed by atoms with van der Waals surface area (Å²) < 4.78 is 11.1. The second-order valence-corrected chi connectivity index (χ2v) is 3.78. The van der Waals surface area contributed by atoms with Crippen molar-refractivity contribution >= 4 is 6.21 Å². The fourth-order valence-corrected chi connectivity index (χ4v) is 1.51. The summed E-state index contributed by atoms with van der Waals surface area (Å²) in [6, 6.07) is 0. The predicted molar refractivity (Wildman–Crippen MR) is 53.3 cm³/mol. The maximum atomic E-state index is 9.60. The van der Waals surface area contributed by atoms with E-state index in [1.165, 1.54) is 0 Å². The number of nitrogens with zero attached hydrogens (tertiary/aromatic N) is 1. The molecule has 1 rings (SSSR count). The van der Waals surface area contributed by atoms with Gasteiger partial charge in [-0.15, -0.1) is 0 Å². The first kappa shape index (κ1) is 11.6. The molecular formula is C9H18N2O3. The van der Waals surface area contributed by atoms with Gasteiger partial charge in [0.15, 0.2) is 5.79 Å². The Kier molecular flexibility index (Phi) is 3.60. The minimum absolute atomic E-state index is 0.151. The van der Waals surface area contributed by atoms with Crippen molar-refractivity contribution in [3.8, 4) is 0 Å². The molecule has 3 atom stereocenters. The number of aliphatic hydroxyl groups is 1. The normalized spacial score (nSPS) is 33.8. The number of rotatable bonds is 3. The van der Waals surface area contributed by atoms with E-state index in [1.54, 1.807) is 27.1 Å². The molecule has 1 aliphatic rings. The van der Waals surface area contributed by atoms with Gasteiger partial charge in [0.1, 0.15) is 12.2 Å². The third-order valence-corrected chi connectivity index (χ3v) is 2.08. The van der Waals surface area contributed by atoms with Crippen LogP contribution in [0, 0.1) is 0 Å². The van der Waals surface area contributed by atoms with Gasteiger partial charge in [-0.1, -0.05) is 0 Å². The van der Waals surface area contributed by atoms with Gasteiger partial charge in [0.25, 0.3) is 0 Å². The maximum absolute atomic E-state index is 9.60. The summed E-state index contributed by atoms with van der Waals surface area (Å²) in [6.45, 7) is 3.75. The minimum Gasteiger partial charge on any atom is -0.389 e. The number of nitrogens with two attached hydrogens (primary N) is 1. The van der Waals surface area contributed by atoms with E-state index in [9.17, 15) is 5.11 Å². The second-order valence-electron chi connectivity index (χ2n) is 3.78. The number of hydrogen-bond acceptors (Lipinski definition) is 5. The molecule has 0 radical (unpaired) electrons. The van der Waals surface area contributed by atoms with Crippen molar-refractivity contribution in [1.29, 1.82) is 0 Å². The lowest BCUT2D eigenvalue weighted by Crippen LogP contribution is -2.40. The molecule has 0 aliphatic carbocycles. The van der Waals surface area contributed by atoms with E-state index in [4.69, 9.17) is 15.2 Å². The number of aliphatic imine (C=N–C) groups is 1. The first-order chi connectivity index (χ1) is 6.50. The van der Waals surface area contributed by atoms with E-state index in [-0.39, 0.29) is 12.6 Å². The van der Waals surface area contributed by atoms with Crippen molar-refractivity contribution < 1.29 is 14.6 Å². The zero-order valence-electron chi connectivity index (χ0n) is 8.80. The smallest absolute Gasteiger partial charge is 0.164 e. The van der Waals surface area contributed by atoms with Crippen LogP contribution in [-0.2, 0) is 9.47 Å². The molecule has 0 saturated carbocycles. The molecule has 0 bridgehead atoms. The van der Waals surface area contributed by atoms with Gasteiger partial charge < -0.3 is 20.3 Å². The van der Waals surface area contributed by atoms with Crippen LogP contribution in [0.1, 0.15) is 13.8 Å². The Hall–Kier alpha value is -0.490. The van der Waals surface area contributed by atoms with Crippen LogP contribution in [0.2, 0.25) is 0 Å². The highest BCUT2D eigenvalue weighted by Crippen LogP contribution is 2.28. The van der Waals surface area contributed by atoms with Gasteiger partial charge in [0.05, 0.1) is 6.10 Å². The van der Waals surface area contributed by atoms with Gasteiger partial charge in [-0.25, -0.2) is 0 Å². The van der Waals surface area contributed by atoms with Crippen LogP contribution in [0.3, 0.4) is 0 Å². The molecule has 1 saturated heterocycles. The Balaban J connectivity index is 2.72. The number of hydrogen-bond donors (Lipinski definition) is 2. The van der Waals surface area contributed by atoms with Gasteiger partial charge >= 0.3 is 0 Å². The van der Waals surface area contributed by atoms with Crippen LogP contribution in [0.15, 0.2) is 4.99 Å². The molecule has 0 spiro atoms. The SMILES string of the molecule is CN=C[C@H]1OC(C)(C)O[C@@H]1[C@H](O)CN. The van der Waals surface area contributed by atoms with Crippen LogP contribution in [0.5, 0.6) is 0 Å². The molecule has 1 aliphatic heterocycles. The summed E-state index contributed by atoms with van der Waals surface area (Å²) in [5.74, 6) is -0.688. The molecule has 0 aromatic heterocycles. The van der Waals surface area contributed by atoms with Crippen molar-refractivity contribution in [1.82, 2.24) is 0 Å². The summed E-state index contributed by atoms with van der Waals surface area (Å²) in [5.41, 5.74) is 5.37. The summed E-state index contributed by atoms with van der Waals surface area (Å²) in [7, 11) is 1.65. The summed E-state index contributed by atoms with van der Waals surface area (Å²) in [5, 5.41) is 9.60. The zero-order valence-corrected chi connectivity index (χ0v) is 8.80. The molecule has 5 nitrogen and oxygen atoms in total. The lowest BCUT2D eigenvalue weighted by molar-refractivity contribution is -0.151. The molecular weight excluding hydrogens is 184 g/mol. The Morgan fingerprint density at radius 3 is 2.71 bits per heavy atom. The van der Waals surface area contributed by atoms with Crippen molar-refractivity contribution in [2.75, 3.05) is 13.6 Å². The molecule has 1 fully saturated rings. The lowest BCUT2D eigenvalue weighted by Gasteiger charge is -2.19. The third kappa shape index (κ3) is 2.51. The molecule has 14 heavy (non-hydrogen) atoms. The number of aliphatic hydroxyl groups excluding tert-OH is 1. The molecule has 5 heteroatoms. The Labute approximate surface area is 83.9 Å². The minimum atomic E-state index is -0.722. The van der Waals surface area contributed by atoms with E-state index in [0.29, 0.717) is 0 Å². The fraction of sp³-hybridized carbons (Fsp3) is 0.889. The average Bonchev–Trinajstić information content (AvgIpc) is 2.41. The first-order valence-electron chi connectivity index (χ1n) is 4.66. The van der Waals surface area contributed by atoms with E-state index in [2.05, 4.69) is 4.99 Å². The molecule has 82 valence electrons. The Bertz CT molecular complexity index is 218. The van der Waals surface area contributed by atoms with Crippen molar-refractivity contribution in [2.45, 2.75) is 37.9 Å². The molecule has 0 unspecified atom stereocenters. The summed E-state index contributed by atoms with van der Waals surface area (Å²) >= 11 is 0. The highest BCUT2D eigenvalue weighted by atomic mass is 16.8. The highest BCUT2D eigenvalue weighted by Gasteiger charge is 2.43. The third-order valence-electron chi connectivity index (χ3n) is 2.08. The van der Waals surface area contributed by atoms with E-state index in [1.807, 2.05) is 0 Å². The van der Waals surface area contributed by atoms with Crippen LogP contribution in [0.25, 0.3) is 0 Å². The molecule has 3 N–H and O–H groups in total. The second kappa shape index (κ2) is 4.35. The van der Waals surface area contributed by atoms with Gasteiger partial charge in [0.2, 0.25) is 0 Å². The van der Waals surface area contributed by atoms with Gasteiger partial charge in [-0.2, -0.15) is 0 Å². The van der Waals surface area contributed by atoms with Crippen molar-refractivity contribution in [3.63, 3.8) is 0 Å². The van der Waals surface area contributed by atoms with Gasteiger partial charge in [-0.05, 0) is 13.8 Å². The van der Waals surface area contributed by atoms with Crippen LogP contribution < -0.4 is 5.73 Å². The van der Waals surface area contributed by atoms with Gasteiger partial charge in [-0.3, -0.25) is 4.99 Å². The molecule has 1 heterocycles. The van der Waals surface area contributed by atoms with Gasteiger partial charge in [0, 0.05) is 19.8 Å². The molecule has 0 amide bonds. The monoisotopic (exact) mass is 202 g/mol. The number of ether oxygens (including phenoxy) is 2. The Morgan fingerprint density at radius 2 is 2.21 bits per heavy atom.